The van der Waals surface area contributed by atoms with Crippen LogP contribution in [0.15, 0.2) is 0 Å². The molecule has 1 aliphatic carbocycles. The molecule has 1 rings (SSSR count). The first-order chi connectivity index (χ1) is 7.04. The van der Waals surface area contributed by atoms with Crippen LogP contribution in [0.25, 0.3) is 0 Å². The minimum atomic E-state index is -0.571. The summed E-state index contributed by atoms with van der Waals surface area (Å²) in [5.41, 5.74) is 5.45. The molecular formula is C11H23N3O. The summed E-state index contributed by atoms with van der Waals surface area (Å²) < 4.78 is 0. The Labute approximate surface area is 92.2 Å². The average Bonchev–Trinajstić information content (AvgIpc) is 2.60. The molecule has 1 aliphatic rings. The van der Waals surface area contributed by atoms with Gasteiger partial charge in [0, 0.05) is 6.54 Å². The second-order valence-corrected chi connectivity index (χ2v) is 4.78. The predicted octanol–water partition coefficient (Wildman–Crippen LogP) is 0.326. The third-order valence-electron chi connectivity index (χ3n) is 3.02. The van der Waals surface area contributed by atoms with Gasteiger partial charge >= 0.3 is 0 Å². The third kappa shape index (κ3) is 3.80. The van der Waals surface area contributed by atoms with E-state index in [2.05, 4.69) is 10.2 Å². The van der Waals surface area contributed by atoms with Crippen molar-refractivity contribution in [3.8, 4) is 0 Å². The maximum absolute atomic E-state index is 11.8. The van der Waals surface area contributed by atoms with E-state index in [0.29, 0.717) is 0 Å². The van der Waals surface area contributed by atoms with E-state index in [-0.39, 0.29) is 5.91 Å². The number of rotatable bonds is 5. The Balaban J connectivity index is 2.18. The lowest BCUT2D eigenvalue weighted by atomic mass is 9.98. The van der Waals surface area contributed by atoms with E-state index >= 15 is 0 Å². The quantitative estimate of drug-likeness (QED) is 0.647. The van der Waals surface area contributed by atoms with E-state index < -0.39 is 5.54 Å². The van der Waals surface area contributed by atoms with Crippen LogP contribution in [-0.2, 0) is 4.79 Å². The van der Waals surface area contributed by atoms with Crippen LogP contribution < -0.4 is 11.1 Å². The zero-order valence-corrected chi connectivity index (χ0v) is 9.88. The number of nitrogens with one attached hydrogen (secondary N) is 1. The molecule has 3 N–H and O–H groups in total. The molecule has 1 amide bonds. The van der Waals surface area contributed by atoms with Crippen LogP contribution in [0.5, 0.6) is 0 Å². The lowest BCUT2D eigenvalue weighted by molar-refractivity contribution is -0.126. The van der Waals surface area contributed by atoms with E-state index in [9.17, 15) is 4.79 Å². The second kappa shape index (κ2) is 5.47. The number of amides is 1. The molecule has 88 valence electrons. The minimum absolute atomic E-state index is 0.0405. The van der Waals surface area contributed by atoms with Gasteiger partial charge in [-0.1, -0.05) is 12.8 Å². The molecule has 1 saturated carbocycles. The molecule has 4 nitrogen and oxygen atoms in total. The predicted molar refractivity (Wildman–Crippen MR) is 61.6 cm³/mol. The Bertz CT molecular complexity index is 210. The van der Waals surface area contributed by atoms with E-state index in [1.807, 2.05) is 14.1 Å². The molecule has 0 aromatic carbocycles. The van der Waals surface area contributed by atoms with Crippen LogP contribution in [-0.4, -0.2) is 43.5 Å². The van der Waals surface area contributed by atoms with Crippen LogP contribution in [0.4, 0.5) is 0 Å². The smallest absolute Gasteiger partial charge is 0.240 e. The number of nitrogens with two attached hydrogens (primary N) is 1. The molecule has 1 fully saturated rings. The van der Waals surface area contributed by atoms with E-state index in [0.717, 1.165) is 45.2 Å². The molecule has 0 unspecified atom stereocenters. The van der Waals surface area contributed by atoms with Crippen molar-refractivity contribution < 1.29 is 4.79 Å². The molecule has 4 heteroatoms. The first kappa shape index (κ1) is 12.5. The summed E-state index contributed by atoms with van der Waals surface area (Å²) in [5, 5.41) is 2.93. The average molecular weight is 213 g/mol. The second-order valence-electron chi connectivity index (χ2n) is 4.78. The Morgan fingerprint density at radius 3 is 2.53 bits per heavy atom. The Morgan fingerprint density at radius 1 is 1.40 bits per heavy atom. The monoisotopic (exact) mass is 213 g/mol. The normalized spacial score (nSPS) is 19.5. The summed E-state index contributed by atoms with van der Waals surface area (Å²) in [7, 11) is 4.06. The van der Waals surface area contributed by atoms with Gasteiger partial charge in [-0.05, 0) is 39.9 Å². The van der Waals surface area contributed by atoms with Crippen molar-refractivity contribution in [2.75, 3.05) is 27.2 Å². The SMILES string of the molecule is CN(C)CCCNC(=O)C1(N)CCCC1. The number of nitrogens with zero attached hydrogens (tertiary/aromatic N) is 1. The van der Waals surface area contributed by atoms with Crippen LogP contribution in [0, 0.1) is 0 Å². The Kier molecular flexibility index (Phi) is 4.54. The molecule has 0 aromatic heterocycles. The number of carbonyl (C=O) groups excluding carboxylic acids is 1. The maximum atomic E-state index is 11.8. The summed E-state index contributed by atoms with van der Waals surface area (Å²) in [6.07, 6.45) is 4.83. The lowest BCUT2D eigenvalue weighted by Gasteiger charge is -2.22. The first-order valence-electron chi connectivity index (χ1n) is 5.76. The first-order valence-corrected chi connectivity index (χ1v) is 5.76. The van der Waals surface area contributed by atoms with Crippen LogP contribution in [0.1, 0.15) is 32.1 Å². The van der Waals surface area contributed by atoms with Gasteiger partial charge in [0.2, 0.25) is 5.91 Å². The van der Waals surface area contributed by atoms with Crippen molar-refractivity contribution in [2.45, 2.75) is 37.6 Å². The van der Waals surface area contributed by atoms with Crippen molar-refractivity contribution in [3.63, 3.8) is 0 Å². The van der Waals surface area contributed by atoms with Gasteiger partial charge < -0.3 is 16.0 Å². The highest BCUT2D eigenvalue weighted by atomic mass is 16.2. The molecule has 0 atom stereocenters. The molecule has 0 aliphatic heterocycles. The molecule has 0 saturated heterocycles. The van der Waals surface area contributed by atoms with Crippen molar-refractivity contribution in [3.05, 3.63) is 0 Å². The topological polar surface area (TPSA) is 58.4 Å². The third-order valence-corrected chi connectivity index (χ3v) is 3.02. The number of hydrogen-bond acceptors (Lipinski definition) is 3. The summed E-state index contributed by atoms with van der Waals surface area (Å²) >= 11 is 0. The fourth-order valence-corrected chi connectivity index (χ4v) is 2.01. The van der Waals surface area contributed by atoms with Gasteiger partial charge in [-0.15, -0.1) is 0 Å². The van der Waals surface area contributed by atoms with E-state index in [4.69, 9.17) is 5.73 Å². The largest absolute Gasteiger partial charge is 0.354 e. The zero-order chi connectivity index (χ0) is 11.3. The van der Waals surface area contributed by atoms with Crippen molar-refractivity contribution in [1.29, 1.82) is 0 Å². The van der Waals surface area contributed by atoms with Crippen LogP contribution in [0.2, 0.25) is 0 Å². The molecule has 0 spiro atoms. The van der Waals surface area contributed by atoms with Gasteiger partial charge in [0.15, 0.2) is 0 Å². The Morgan fingerprint density at radius 2 is 2.00 bits per heavy atom. The fraction of sp³-hybridized carbons (Fsp3) is 0.909. The minimum Gasteiger partial charge on any atom is -0.354 e. The van der Waals surface area contributed by atoms with Gasteiger partial charge in [0.1, 0.15) is 0 Å². The van der Waals surface area contributed by atoms with Crippen molar-refractivity contribution >= 4 is 5.91 Å². The standard InChI is InChI=1S/C11H23N3O/c1-14(2)9-5-8-13-10(15)11(12)6-3-4-7-11/h3-9,12H2,1-2H3,(H,13,15). The van der Waals surface area contributed by atoms with Gasteiger partial charge in [-0.25, -0.2) is 0 Å². The highest BCUT2D eigenvalue weighted by Crippen LogP contribution is 2.27. The molecule has 0 heterocycles. The molecular weight excluding hydrogens is 190 g/mol. The summed E-state index contributed by atoms with van der Waals surface area (Å²) in [5.74, 6) is 0.0405. The van der Waals surface area contributed by atoms with Gasteiger partial charge in [-0.3, -0.25) is 4.79 Å². The number of hydrogen-bond donors (Lipinski definition) is 2. The van der Waals surface area contributed by atoms with Crippen molar-refractivity contribution in [1.82, 2.24) is 10.2 Å². The summed E-state index contributed by atoms with van der Waals surface area (Å²) in [6.45, 7) is 1.73. The van der Waals surface area contributed by atoms with Gasteiger partial charge in [0.25, 0.3) is 0 Å². The van der Waals surface area contributed by atoms with Gasteiger partial charge in [-0.2, -0.15) is 0 Å². The maximum Gasteiger partial charge on any atom is 0.240 e. The van der Waals surface area contributed by atoms with Crippen molar-refractivity contribution in [2.24, 2.45) is 5.73 Å². The van der Waals surface area contributed by atoms with Gasteiger partial charge in [0.05, 0.1) is 5.54 Å². The molecule has 15 heavy (non-hydrogen) atoms. The highest BCUT2D eigenvalue weighted by molar-refractivity contribution is 5.86. The van der Waals surface area contributed by atoms with Crippen LogP contribution >= 0.6 is 0 Å². The Hall–Kier alpha value is -0.610. The summed E-state index contributed by atoms with van der Waals surface area (Å²) in [6, 6.07) is 0. The van der Waals surface area contributed by atoms with Crippen LogP contribution in [0.3, 0.4) is 0 Å². The highest BCUT2D eigenvalue weighted by Gasteiger charge is 2.36. The lowest BCUT2D eigenvalue weighted by Crippen LogP contribution is -2.52. The zero-order valence-electron chi connectivity index (χ0n) is 9.88. The summed E-state index contributed by atoms with van der Waals surface area (Å²) in [4.78, 5) is 13.9. The molecule has 0 radical (unpaired) electrons. The number of carbonyl (C=O) groups is 1. The molecule has 0 bridgehead atoms. The van der Waals surface area contributed by atoms with E-state index in [1.165, 1.54) is 0 Å². The van der Waals surface area contributed by atoms with E-state index in [1.54, 1.807) is 0 Å². The molecule has 0 aromatic rings. The fourth-order valence-electron chi connectivity index (χ4n) is 2.01.